The number of hydrogen-bond acceptors (Lipinski definition) is 3. The molecule has 2 aliphatic heterocycles. The third-order valence-corrected chi connectivity index (χ3v) is 4.79. The van der Waals surface area contributed by atoms with Gasteiger partial charge in [-0.3, -0.25) is 9.69 Å². The highest BCUT2D eigenvalue weighted by Gasteiger charge is 2.31. The van der Waals surface area contributed by atoms with Crippen LogP contribution in [-0.4, -0.2) is 47.9 Å². The van der Waals surface area contributed by atoms with E-state index in [4.69, 9.17) is 5.73 Å². The Morgan fingerprint density at radius 1 is 1.10 bits per heavy atom. The Bertz CT molecular complexity index is 470. The molecular weight excluding hydrogens is 262 g/mol. The molecule has 1 aromatic carbocycles. The van der Waals surface area contributed by atoms with Crippen molar-refractivity contribution in [2.24, 2.45) is 5.73 Å². The predicted molar refractivity (Wildman–Crippen MR) is 83.8 cm³/mol. The number of benzene rings is 1. The molecule has 1 unspecified atom stereocenters. The highest BCUT2D eigenvalue weighted by molar-refractivity contribution is 5.83. The van der Waals surface area contributed by atoms with Gasteiger partial charge in [-0.05, 0) is 44.3 Å². The monoisotopic (exact) mass is 287 g/mol. The van der Waals surface area contributed by atoms with E-state index in [0.29, 0.717) is 6.04 Å². The van der Waals surface area contributed by atoms with Crippen molar-refractivity contribution in [3.8, 4) is 0 Å². The van der Waals surface area contributed by atoms with Crippen LogP contribution in [-0.2, 0) is 4.79 Å². The summed E-state index contributed by atoms with van der Waals surface area (Å²) >= 11 is 0. The maximum atomic E-state index is 12.6. The normalized spacial score (nSPS) is 25.0. The number of hydrogen-bond donors (Lipinski definition) is 1. The fraction of sp³-hybridized carbons (Fsp3) is 0.588. The van der Waals surface area contributed by atoms with Gasteiger partial charge in [0.15, 0.2) is 0 Å². The van der Waals surface area contributed by atoms with E-state index in [-0.39, 0.29) is 5.91 Å². The van der Waals surface area contributed by atoms with Crippen LogP contribution in [0.1, 0.15) is 37.3 Å². The smallest absolute Gasteiger partial charge is 0.244 e. The summed E-state index contributed by atoms with van der Waals surface area (Å²) in [5.41, 5.74) is 7.07. The second-order valence-electron chi connectivity index (χ2n) is 6.21. The second kappa shape index (κ2) is 6.58. The first-order valence-electron chi connectivity index (χ1n) is 8.09. The molecule has 4 heteroatoms. The number of nitrogens with zero attached hydrogens (tertiary/aromatic N) is 2. The fourth-order valence-corrected chi connectivity index (χ4v) is 3.56. The lowest BCUT2D eigenvalue weighted by molar-refractivity contribution is -0.134. The van der Waals surface area contributed by atoms with Gasteiger partial charge in [-0.15, -0.1) is 0 Å². The lowest BCUT2D eigenvalue weighted by Gasteiger charge is -2.38. The average molecular weight is 287 g/mol. The van der Waals surface area contributed by atoms with Gasteiger partial charge in [0.1, 0.15) is 6.04 Å². The second-order valence-corrected chi connectivity index (χ2v) is 6.21. The van der Waals surface area contributed by atoms with E-state index in [0.717, 1.165) is 25.1 Å². The standard InChI is InChI=1S/C17H25N3O/c18-16(14-7-2-1-3-8-14)17(21)20-12-6-9-15(13-20)19-10-4-5-11-19/h1-3,7-8,15-16H,4-6,9-13,18H2/t15?,16-/m0/s1. The van der Waals surface area contributed by atoms with Gasteiger partial charge >= 0.3 is 0 Å². The Morgan fingerprint density at radius 2 is 1.81 bits per heavy atom. The van der Waals surface area contributed by atoms with Gasteiger partial charge < -0.3 is 10.6 Å². The summed E-state index contributed by atoms with van der Waals surface area (Å²) in [6, 6.07) is 9.70. The minimum atomic E-state index is -0.525. The molecule has 2 N–H and O–H groups in total. The number of likely N-dealkylation sites (tertiary alicyclic amines) is 2. The van der Waals surface area contributed by atoms with Crippen LogP contribution < -0.4 is 5.73 Å². The molecule has 0 aliphatic carbocycles. The quantitative estimate of drug-likeness (QED) is 0.922. The van der Waals surface area contributed by atoms with Crippen molar-refractivity contribution in [1.82, 2.24) is 9.80 Å². The molecule has 0 saturated carbocycles. The summed E-state index contributed by atoms with van der Waals surface area (Å²) in [5.74, 6) is 0.0742. The summed E-state index contributed by atoms with van der Waals surface area (Å²) in [6.45, 7) is 4.08. The first-order chi connectivity index (χ1) is 10.3. The predicted octanol–water partition coefficient (Wildman–Crippen LogP) is 1.77. The summed E-state index contributed by atoms with van der Waals surface area (Å²) in [5, 5.41) is 0. The minimum Gasteiger partial charge on any atom is -0.339 e. The molecule has 0 spiro atoms. The first kappa shape index (κ1) is 14.5. The maximum Gasteiger partial charge on any atom is 0.244 e. The molecule has 0 aromatic heterocycles. The molecule has 1 aromatic rings. The third kappa shape index (κ3) is 3.27. The van der Waals surface area contributed by atoms with Crippen LogP contribution in [0.5, 0.6) is 0 Å². The molecular formula is C17H25N3O. The summed E-state index contributed by atoms with van der Waals surface area (Å²) in [6.07, 6.45) is 4.90. The Hall–Kier alpha value is -1.39. The van der Waals surface area contributed by atoms with Crippen LogP contribution in [0.3, 0.4) is 0 Å². The molecule has 2 atom stereocenters. The summed E-state index contributed by atoms with van der Waals surface area (Å²) in [7, 11) is 0. The molecule has 3 rings (SSSR count). The van der Waals surface area contributed by atoms with Crippen molar-refractivity contribution >= 4 is 5.91 Å². The van der Waals surface area contributed by atoms with Crippen LogP contribution in [0.4, 0.5) is 0 Å². The van der Waals surface area contributed by atoms with Crippen molar-refractivity contribution < 1.29 is 4.79 Å². The topological polar surface area (TPSA) is 49.6 Å². The van der Waals surface area contributed by atoms with E-state index in [1.807, 2.05) is 35.2 Å². The zero-order chi connectivity index (χ0) is 14.7. The van der Waals surface area contributed by atoms with Crippen LogP contribution in [0, 0.1) is 0 Å². The Balaban J connectivity index is 1.64. The molecule has 2 aliphatic rings. The third-order valence-electron chi connectivity index (χ3n) is 4.79. The Morgan fingerprint density at radius 3 is 2.52 bits per heavy atom. The summed E-state index contributed by atoms with van der Waals surface area (Å²) < 4.78 is 0. The average Bonchev–Trinajstić information content (AvgIpc) is 3.09. The molecule has 2 heterocycles. The largest absolute Gasteiger partial charge is 0.339 e. The minimum absolute atomic E-state index is 0.0742. The first-order valence-corrected chi connectivity index (χ1v) is 8.09. The van der Waals surface area contributed by atoms with Gasteiger partial charge in [-0.25, -0.2) is 0 Å². The van der Waals surface area contributed by atoms with E-state index in [2.05, 4.69) is 4.90 Å². The molecule has 1 amide bonds. The van der Waals surface area contributed by atoms with Crippen LogP contribution in [0.2, 0.25) is 0 Å². The molecule has 2 saturated heterocycles. The van der Waals surface area contributed by atoms with E-state index in [1.165, 1.54) is 32.4 Å². The van der Waals surface area contributed by atoms with Gasteiger partial charge in [0, 0.05) is 19.1 Å². The highest BCUT2D eigenvalue weighted by atomic mass is 16.2. The van der Waals surface area contributed by atoms with Crippen LogP contribution in [0.25, 0.3) is 0 Å². The summed E-state index contributed by atoms with van der Waals surface area (Å²) in [4.78, 5) is 17.2. The lowest BCUT2D eigenvalue weighted by Crippen LogP contribution is -2.51. The number of piperidine rings is 1. The number of carbonyl (C=O) groups is 1. The maximum absolute atomic E-state index is 12.6. The van der Waals surface area contributed by atoms with E-state index < -0.39 is 6.04 Å². The van der Waals surface area contributed by atoms with E-state index in [1.54, 1.807) is 0 Å². The Labute approximate surface area is 126 Å². The van der Waals surface area contributed by atoms with E-state index >= 15 is 0 Å². The number of rotatable bonds is 3. The van der Waals surface area contributed by atoms with Gasteiger partial charge in [0.2, 0.25) is 5.91 Å². The number of nitrogens with two attached hydrogens (primary N) is 1. The lowest BCUT2D eigenvalue weighted by atomic mass is 10.0. The molecule has 0 bridgehead atoms. The fourth-order valence-electron chi connectivity index (χ4n) is 3.56. The molecule has 114 valence electrons. The van der Waals surface area contributed by atoms with Crippen molar-refractivity contribution in [3.05, 3.63) is 35.9 Å². The Kier molecular flexibility index (Phi) is 4.56. The van der Waals surface area contributed by atoms with Crippen molar-refractivity contribution in [2.75, 3.05) is 26.2 Å². The number of carbonyl (C=O) groups excluding carboxylic acids is 1. The van der Waals surface area contributed by atoms with Crippen LogP contribution >= 0.6 is 0 Å². The van der Waals surface area contributed by atoms with Crippen molar-refractivity contribution in [2.45, 2.75) is 37.8 Å². The molecule has 0 radical (unpaired) electrons. The van der Waals surface area contributed by atoms with Gasteiger partial charge in [0.05, 0.1) is 0 Å². The zero-order valence-electron chi connectivity index (χ0n) is 12.6. The highest BCUT2D eigenvalue weighted by Crippen LogP contribution is 2.22. The van der Waals surface area contributed by atoms with Crippen molar-refractivity contribution in [1.29, 1.82) is 0 Å². The van der Waals surface area contributed by atoms with E-state index in [9.17, 15) is 4.79 Å². The SMILES string of the molecule is N[C@H](C(=O)N1CCCC(N2CCCC2)C1)c1ccccc1. The van der Waals surface area contributed by atoms with Crippen molar-refractivity contribution in [3.63, 3.8) is 0 Å². The van der Waals surface area contributed by atoms with Gasteiger partial charge in [-0.1, -0.05) is 30.3 Å². The van der Waals surface area contributed by atoms with Gasteiger partial charge in [0.25, 0.3) is 0 Å². The molecule has 21 heavy (non-hydrogen) atoms. The van der Waals surface area contributed by atoms with Crippen LogP contribution in [0.15, 0.2) is 30.3 Å². The number of amides is 1. The molecule has 2 fully saturated rings. The molecule has 4 nitrogen and oxygen atoms in total. The van der Waals surface area contributed by atoms with Gasteiger partial charge in [-0.2, -0.15) is 0 Å². The zero-order valence-corrected chi connectivity index (χ0v) is 12.6.